The predicted molar refractivity (Wildman–Crippen MR) is 80.5 cm³/mol. The highest BCUT2D eigenvalue weighted by atomic mass is 32.2. The summed E-state index contributed by atoms with van der Waals surface area (Å²) >= 11 is 1.95. The molecule has 1 unspecified atom stereocenters. The summed E-state index contributed by atoms with van der Waals surface area (Å²) in [6.45, 7) is 0. The molecule has 1 saturated carbocycles. The Balaban J connectivity index is 1.83. The van der Waals surface area contributed by atoms with E-state index in [0.29, 0.717) is 6.42 Å². The van der Waals surface area contributed by atoms with Crippen LogP contribution < -0.4 is 11.3 Å². The monoisotopic (exact) mass is 300 g/mol. The fourth-order valence-electron chi connectivity index (χ4n) is 2.60. The van der Waals surface area contributed by atoms with Crippen molar-refractivity contribution in [1.82, 2.24) is 5.43 Å². The zero-order valence-corrected chi connectivity index (χ0v) is 12.4. The van der Waals surface area contributed by atoms with Gasteiger partial charge >= 0.3 is 0 Å². The minimum Gasteiger partial charge on any atom is -0.271 e. The van der Waals surface area contributed by atoms with E-state index in [4.69, 9.17) is 5.84 Å². The van der Waals surface area contributed by atoms with Crippen molar-refractivity contribution in [2.45, 2.75) is 49.8 Å². The lowest BCUT2D eigenvalue weighted by Gasteiger charge is -2.23. The van der Waals surface area contributed by atoms with Gasteiger partial charge in [0, 0.05) is 17.0 Å². The van der Waals surface area contributed by atoms with Crippen LogP contribution in [-0.2, 0) is 6.42 Å². The first-order valence-corrected chi connectivity index (χ1v) is 8.25. The van der Waals surface area contributed by atoms with Gasteiger partial charge in [-0.3, -0.25) is 11.3 Å². The molecule has 1 atom stereocenters. The number of thioether (sulfide) groups is 1. The van der Waals surface area contributed by atoms with Gasteiger partial charge in [-0.05, 0) is 37.0 Å². The van der Waals surface area contributed by atoms with Crippen molar-refractivity contribution in [2.75, 3.05) is 5.75 Å². The van der Waals surface area contributed by atoms with Gasteiger partial charge in [-0.2, -0.15) is 11.8 Å². The summed E-state index contributed by atoms with van der Waals surface area (Å²) in [5.74, 6) is 4.88. The van der Waals surface area contributed by atoms with Crippen molar-refractivity contribution in [2.24, 2.45) is 5.84 Å². The highest BCUT2D eigenvalue weighted by molar-refractivity contribution is 7.99. The predicted octanol–water partition coefficient (Wildman–Crippen LogP) is 3.41. The number of halogens is 2. The molecule has 112 valence electrons. The molecule has 1 aliphatic carbocycles. The summed E-state index contributed by atoms with van der Waals surface area (Å²) < 4.78 is 26.1. The molecule has 0 radical (unpaired) electrons. The van der Waals surface area contributed by atoms with Crippen molar-refractivity contribution in [3.63, 3.8) is 0 Å². The van der Waals surface area contributed by atoms with Gasteiger partial charge in [-0.1, -0.05) is 25.3 Å². The van der Waals surface area contributed by atoms with Crippen LogP contribution in [0.4, 0.5) is 8.78 Å². The highest BCUT2D eigenvalue weighted by Gasteiger charge is 2.17. The summed E-state index contributed by atoms with van der Waals surface area (Å²) in [4.78, 5) is 0. The van der Waals surface area contributed by atoms with Crippen molar-refractivity contribution in [3.05, 3.63) is 35.4 Å². The second-order valence-electron chi connectivity index (χ2n) is 5.41. The molecule has 5 heteroatoms. The average Bonchev–Trinajstić information content (AvgIpc) is 2.48. The van der Waals surface area contributed by atoms with Crippen molar-refractivity contribution in [1.29, 1.82) is 0 Å². The smallest absolute Gasteiger partial charge is 0.159 e. The third kappa shape index (κ3) is 4.72. The van der Waals surface area contributed by atoms with Crippen molar-refractivity contribution >= 4 is 11.8 Å². The van der Waals surface area contributed by atoms with Gasteiger partial charge in [0.25, 0.3) is 0 Å². The molecule has 0 heterocycles. The quantitative estimate of drug-likeness (QED) is 0.624. The molecule has 20 heavy (non-hydrogen) atoms. The van der Waals surface area contributed by atoms with Gasteiger partial charge < -0.3 is 0 Å². The molecule has 0 aromatic heterocycles. The van der Waals surface area contributed by atoms with Crippen LogP contribution in [0.1, 0.15) is 37.7 Å². The molecular formula is C15H22F2N2S. The van der Waals surface area contributed by atoms with Gasteiger partial charge in [0.15, 0.2) is 11.6 Å². The van der Waals surface area contributed by atoms with Gasteiger partial charge in [0.05, 0.1) is 0 Å². The Morgan fingerprint density at radius 3 is 2.60 bits per heavy atom. The Kier molecular flexibility index (Phi) is 6.26. The lowest BCUT2D eigenvalue weighted by molar-refractivity contribution is 0.503. The second-order valence-corrected chi connectivity index (χ2v) is 6.74. The maximum Gasteiger partial charge on any atom is 0.159 e. The van der Waals surface area contributed by atoms with E-state index in [1.807, 2.05) is 11.8 Å². The Morgan fingerprint density at radius 2 is 1.95 bits per heavy atom. The lowest BCUT2D eigenvalue weighted by Crippen LogP contribution is -2.39. The maximum absolute atomic E-state index is 13.2. The fourth-order valence-corrected chi connectivity index (χ4v) is 3.99. The minimum absolute atomic E-state index is 0.0896. The average molecular weight is 300 g/mol. The standard InChI is InChI=1S/C15H22F2N2S/c16-14-7-6-11(9-15(14)17)8-12(19-18)10-20-13-4-2-1-3-5-13/h6-7,9,12-13,19H,1-5,8,10,18H2. The van der Waals surface area contributed by atoms with Crippen LogP contribution in [0.25, 0.3) is 0 Å². The Morgan fingerprint density at radius 1 is 1.20 bits per heavy atom. The molecule has 0 saturated heterocycles. The van der Waals surface area contributed by atoms with Gasteiger partial charge in [-0.15, -0.1) is 0 Å². The van der Waals surface area contributed by atoms with Gasteiger partial charge in [0.1, 0.15) is 0 Å². The molecule has 2 rings (SSSR count). The zero-order valence-electron chi connectivity index (χ0n) is 11.6. The lowest BCUT2D eigenvalue weighted by atomic mass is 10.0. The number of benzene rings is 1. The number of nitrogens with one attached hydrogen (secondary N) is 1. The maximum atomic E-state index is 13.2. The topological polar surface area (TPSA) is 38.0 Å². The van der Waals surface area contributed by atoms with E-state index >= 15 is 0 Å². The third-order valence-corrected chi connectivity index (χ3v) is 5.32. The van der Waals surface area contributed by atoms with E-state index < -0.39 is 11.6 Å². The van der Waals surface area contributed by atoms with Gasteiger partial charge in [0.2, 0.25) is 0 Å². The number of nitrogens with two attached hydrogens (primary N) is 1. The normalized spacial score (nSPS) is 18.1. The molecule has 0 amide bonds. The Hall–Kier alpha value is -0.650. The first-order chi connectivity index (χ1) is 9.69. The Bertz CT molecular complexity index is 422. The van der Waals surface area contributed by atoms with Crippen LogP contribution in [0.5, 0.6) is 0 Å². The molecule has 1 aromatic carbocycles. The molecule has 2 nitrogen and oxygen atoms in total. The largest absolute Gasteiger partial charge is 0.271 e. The molecule has 3 N–H and O–H groups in total. The first kappa shape index (κ1) is 15.7. The molecule has 1 fully saturated rings. The first-order valence-electron chi connectivity index (χ1n) is 7.20. The molecule has 1 aromatic rings. The zero-order chi connectivity index (χ0) is 14.4. The number of rotatable bonds is 6. The van der Waals surface area contributed by atoms with Crippen LogP contribution in [-0.4, -0.2) is 17.0 Å². The van der Waals surface area contributed by atoms with Gasteiger partial charge in [-0.25, -0.2) is 8.78 Å². The van der Waals surface area contributed by atoms with Crippen molar-refractivity contribution < 1.29 is 8.78 Å². The molecule has 0 spiro atoms. The highest BCUT2D eigenvalue weighted by Crippen LogP contribution is 2.28. The summed E-state index contributed by atoms with van der Waals surface area (Å²) in [6.07, 6.45) is 7.18. The third-order valence-electron chi connectivity index (χ3n) is 3.79. The second kappa shape index (κ2) is 7.96. The van der Waals surface area contributed by atoms with Crippen LogP contribution in [0.15, 0.2) is 18.2 Å². The number of hydrogen-bond donors (Lipinski definition) is 2. The number of hydrazine groups is 1. The summed E-state index contributed by atoms with van der Waals surface area (Å²) in [6, 6.07) is 4.14. The van der Waals surface area contributed by atoms with E-state index in [1.165, 1.54) is 44.2 Å². The summed E-state index contributed by atoms with van der Waals surface area (Å²) in [5.41, 5.74) is 3.56. The summed E-state index contributed by atoms with van der Waals surface area (Å²) in [7, 11) is 0. The van der Waals surface area contributed by atoms with E-state index in [2.05, 4.69) is 5.43 Å². The van der Waals surface area contributed by atoms with E-state index in [9.17, 15) is 8.78 Å². The van der Waals surface area contributed by atoms with Crippen LogP contribution >= 0.6 is 11.8 Å². The molecular weight excluding hydrogens is 278 g/mol. The SMILES string of the molecule is NNC(CSC1CCCCC1)Cc1ccc(F)c(F)c1. The van der Waals surface area contributed by atoms with E-state index in [0.717, 1.165) is 16.6 Å². The number of hydrogen-bond acceptors (Lipinski definition) is 3. The van der Waals surface area contributed by atoms with E-state index in [-0.39, 0.29) is 6.04 Å². The Labute approximate surface area is 123 Å². The fraction of sp³-hybridized carbons (Fsp3) is 0.600. The minimum atomic E-state index is -0.803. The van der Waals surface area contributed by atoms with Crippen LogP contribution in [0, 0.1) is 11.6 Å². The summed E-state index contributed by atoms with van der Waals surface area (Å²) in [5, 5.41) is 0.726. The van der Waals surface area contributed by atoms with Crippen molar-refractivity contribution in [3.8, 4) is 0 Å². The van der Waals surface area contributed by atoms with Crippen LogP contribution in [0.2, 0.25) is 0 Å². The molecule has 0 bridgehead atoms. The van der Waals surface area contributed by atoms with E-state index in [1.54, 1.807) is 6.07 Å². The van der Waals surface area contributed by atoms with Crippen LogP contribution in [0.3, 0.4) is 0 Å². The molecule has 1 aliphatic rings. The molecule has 0 aliphatic heterocycles.